The van der Waals surface area contributed by atoms with E-state index in [4.69, 9.17) is 0 Å². The summed E-state index contributed by atoms with van der Waals surface area (Å²) in [5.41, 5.74) is 0. The lowest BCUT2D eigenvalue weighted by atomic mass is 10.3. The van der Waals surface area contributed by atoms with Crippen LogP contribution in [0.15, 0.2) is 12.3 Å². The molecule has 4 nitrogen and oxygen atoms in total. The fraction of sp³-hybridized carbons (Fsp3) is 0.500. The van der Waals surface area contributed by atoms with Crippen LogP contribution in [0.4, 0.5) is 0 Å². The molecule has 0 fully saturated rings. The van der Waals surface area contributed by atoms with Crippen LogP contribution in [0.5, 0.6) is 0 Å². The monoisotopic (exact) mass is 114 g/mol. The third-order valence-corrected chi connectivity index (χ3v) is 1.03. The van der Waals surface area contributed by atoms with E-state index in [1.165, 1.54) is 0 Å². The third-order valence-electron chi connectivity index (χ3n) is 1.03. The standard InChI is InChI=1S/C4H6N2O2/c7-6(8)4-1-2-5-3-4/h1-2,4-5H,3H2. The minimum atomic E-state index is -0.505. The van der Waals surface area contributed by atoms with Gasteiger partial charge in [-0.1, -0.05) is 0 Å². The highest BCUT2D eigenvalue weighted by Crippen LogP contribution is 1.95. The summed E-state index contributed by atoms with van der Waals surface area (Å²) in [4.78, 5) is 9.61. The van der Waals surface area contributed by atoms with E-state index < -0.39 is 6.04 Å². The highest BCUT2D eigenvalue weighted by atomic mass is 16.6. The first-order chi connectivity index (χ1) is 3.80. The van der Waals surface area contributed by atoms with Gasteiger partial charge in [-0.25, -0.2) is 0 Å². The van der Waals surface area contributed by atoms with Crippen molar-refractivity contribution in [3.05, 3.63) is 22.4 Å². The Bertz CT molecular complexity index is 132. The first-order valence-electron chi connectivity index (χ1n) is 2.34. The molecule has 0 spiro atoms. The van der Waals surface area contributed by atoms with Gasteiger partial charge in [0.05, 0.1) is 6.54 Å². The molecule has 1 aliphatic heterocycles. The van der Waals surface area contributed by atoms with Crippen molar-refractivity contribution in [2.45, 2.75) is 6.04 Å². The lowest BCUT2D eigenvalue weighted by Gasteiger charge is -1.94. The quantitative estimate of drug-likeness (QED) is 0.377. The number of nitro groups is 1. The van der Waals surface area contributed by atoms with E-state index in [1.807, 2.05) is 0 Å². The summed E-state index contributed by atoms with van der Waals surface area (Å²) in [5.74, 6) is 0. The van der Waals surface area contributed by atoms with Crippen molar-refractivity contribution in [3.63, 3.8) is 0 Å². The van der Waals surface area contributed by atoms with Crippen molar-refractivity contribution in [3.8, 4) is 0 Å². The molecule has 0 aromatic rings. The second-order valence-electron chi connectivity index (χ2n) is 1.62. The Kier molecular flexibility index (Phi) is 1.15. The topological polar surface area (TPSA) is 55.2 Å². The van der Waals surface area contributed by atoms with Crippen LogP contribution in [0.3, 0.4) is 0 Å². The van der Waals surface area contributed by atoms with Crippen LogP contribution in [0.1, 0.15) is 0 Å². The van der Waals surface area contributed by atoms with Crippen LogP contribution in [-0.2, 0) is 0 Å². The van der Waals surface area contributed by atoms with Crippen molar-refractivity contribution in [1.82, 2.24) is 5.32 Å². The summed E-state index contributed by atoms with van der Waals surface area (Å²) in [6.07, 6.45) is 3.15. The molecule has 0 saturated carbocycles. The van der Waals surface area contributed by atoms with Crippen LogP contribution < -0.4 is 5.32 Å². The molecule has 1 N–H and O–H groups in total. The van der Waals surface area contributed by atoms with Crippen molar-refractivity contribution in [2.24, 2.45) is 0 Å². The maximum atomic E-state index is 9.92. The fourth-order valence-electron chi connectivity index (χ4n) is 0.581. The Balaban J connectivity index is 2.48. The fourth-order valence-corrected chi connectivity index (χ4v) is 0.581. The average Bonchev–Trinajstić information content (AvgIpc) is 2.12. The van der Waals surface area contributed by atoms with Gasteiger partial charge >= 0.3 is 0 Å². The molecule has 0 bridgehead atoms. The molecule has 1 rings (SSSR count). The van der Waals surface area contributed by atoms with Gasteiger partial charge in [-0.05, 0) is 6.20 Å². The van der Waals surface area contributed by atoms with E-state index in [2.05, 4.69) is 5.32 Å². The number of nitrogens with one attached hydrogen (secondary N) is 1. The molecule has 1 aliphatic rings. The maximum absolute atomic E-state index is 9.92. The molecule has 0 radical (unpaired) electrons. The lowest BCUT2D eigenvalue weighted by Crippen LogP contribution is -2.22. The number of hydrogen-bond acceptors (Lipinski definition) is 3. The molecule has 1 atom stereocenters. The van der Waals surface area contributed by atoms with Crippen molar-refractivity contribution < 1.29 is 4.92 Å². The summed E-state index contributed by atoms with van der Waals surface area (Å²) >= 11 is 0. The SMILES string of the molecule is O=[N+]([O-])C1C=CNC1. The van der Waals surface area contributed by atoms with E-state index >= 15 is 0 Å². The minimum Gasteiger partial charge on any atom is -0.384 e. The number of rotatable bonds is 1. The Labute approximate surface area is 46.3 Å². The van der Waals surface area contributed by atoms with E-state index in [9.17, 15) is 10.1 Å². The summed E-state index contributed by atoms with van der Waals surface area (Å²) in [6, 6.07) is -0.505. The second kappa shape index (κ2) is 1.81. The molecule has 1 unspecified atom stereocenters. The molecule has 1 heterocycles. The maximum Gasteiger partial charge on any atom is 0.249 e. The van der Waals surface area contributed by atoms with Gasteiger partial charge in [0, 0.05) is 11.0 Å². The summed E-state index contributed by atoms with van der Waals surface area (Å²) in [6.45, 7) is 0.438. The van der Waals surface area contributed by atoms with Crippen LogP contribution in [0, 0.1) is 10.1 Å². The lowest BCUT2D eigenvalue weighted by molar-refractivity contribution is -0.505. The van der Waals surface area contributed by atoms with Crippen molar-refractivity contribution >= 4 is 0 Å². The van der Waals surface area contributed by atoms with Gasteiger partial charge in [0.25, 0.3) is 0 Å². The van der Waals surface area contributed by atoms with Gasteiger partial charge in [-0.3, -0.25) is 10.1 Å². The Morgan fingerprint density at radius 3 is 2.88 bits per heavy atom. The largest absolute Gasteiger partial charge is 0.384 e. The smallest absolute Gasteiger partial charge is 0.249 e. The average molecular weight is 114 g/mol. The van der Waals surface area contributed by atoms with E-state index in [1.54, 1.807) is 12.3 Å². The van der Waals surface area contributed by atoms with E-state index in [0.29, 0.717) is 6.54 Å². The van der Waals surface area contributed by atoms with Crippen molar-refractivity contribution in [2.75, 3.05) is 6.54 Å². The molecule has 44 valence electrons. The predicted molar refractivity (Wildman–Crippen MR) is 27.9 cm³/mol. The summed E-state index contributed by atoms with van der Waals surface area (Å²) in [7, 11) is 0. The zero-order valence-electron chi connectivity index (χ0n) is 4.20. The van der Waals surface area contributed by atoms with Crippen molar-refractivity contribution in [1.29, 1.82) is 0 Å². The molecule has 4 heteroatoms. The molecule has 0 saturated heterocycles. The van der Waals surface area contributed by atoms with E-state index in [-0.39, 0.29) is 4.92 Å². The number of nitrogens with zero attached hydrogens (tertiary/aromatic N) is 1. The molecule has 0 aromatic carbocycles. The van der Waals surface area contributed by atoms with Gasteiger partial charge < -0.3 is 5.32 Å². The van der Waals surface area contributed by atoms with Gasteiger partial charge in [0.15, 0.2) is 0 Å². The van der Waals surface area contributed by atoms with Crippen LogP contribution in [0.2, 0.25) is 0 Å². The minimum absolute atomic E-state index is 0.309. The molecular formula is C4H6N2O2. The zero-order chi connectivity index (χ0) is 5.98. The highest BCUT2D eigenvalue weighted by Gasteiger charge is 2.17. The Morgan fingerprint density at radius 1 is 1.88 bits per heavy atom. The second-order valence-corrected chi connectivity index (χ2v) is 1.62. The molecule has 0 aromatic heterocycles. The highest BCUT2D eigenvalue weighted by molar-refractivity contribution is 4.95. The van der Waals surface area contributed by atoms with Gasteiger partial charge in [0.2, 0.25) is 6.04 Å². The first kappa shape index (κ1) is 5.08. The van der Waals surface area contributed by atoms with Gasteiger partial charge in [-0.2, -0.15) is 0 Å². The van der Waals surface area contributed by atoms with Crippen LogP contribution in [0.25, 0.3) is 0 Å². The predicted octanol–water partition coefficient (Wildman–Crippen LogP) is -0.251. The molecule has 8 heavy (non-hydrogen) atoms. The summed E-state index contributed by atoms with van der Waals surface area (Å²) < 4.78 is 0. The molecular weight excluding hydrogens is 108 g/mol. The normalized spacial score (nSPS) is 25.2. The molecule has 0 aliphatic carbocycles. The van der Waals surface area contributed by atoms with Crippen LogP contribution in [-0.4, -0.2) is 17.5 Å². The Hall–Kier alpha value is -1.06. The summed E-state index contributed by atoms with van der Waals surface area (Å²) in [5, 5.41) is 12.6. The third kappa shape index (κ3) is 0.776. The zero-order valence-corrected chi connectivity index (χ0v) is 4.20. The first-order valence-corrected chi connectivity index (χ1v) is 2.34. The molecule has 0 amide bonds. The van der Waals surface area contributed by atoms with E-state index in [0.717, 1.165) is 0 Å². The Morgan fingerprint density at radius 2 is 2.62 bits per heavy atom. The number of hydrogen-bond donors (Lipinski definition) is 1. The van der Waals surface area contributed by atoms with Gasteiger partial charge in [0.1, 0.15) is 0 Å². The van der Waals surface area contributed by atoms with Gasteiger partial charge in [-0.15, -0.1) is 0 Å². The van der Waals surface area contributed by atoms with Crippen LogP contribution >= 0.6 is 0 Å².